The van der Waals surface area contributed by atoms with Crippen LogP contribution in [0.15, 0.2) is 54.7 Å². The first-order valence-electron chi connectivity index (χ1n) is 8.22. The molecule has 0 saturated carbocycles. The molecule has 0 bridgehead atoms. The number of pyridine rings is 1. The molecule has 2 aromatic carbocycles. The Hall–Kier alpha value is -3.68. The maximum atomic E-state index is 13.7. The quantitative estimate of drug-likeness (QED) is 0.659. The molecule has 0 aliphatic carbocycles. The third-order valence-corrected chi connectivity index (χ3v) is 3.90. The third kappa shape index (κ3) is 4.17. The minimum Gasteiger partial charge on any atom is -0.497 e. The number of halogens is 2. The van der Waals surface area contributed by atoms with Gasteiger partial charge in [-0.05, 0) is 36.4 Å². The van der Waals surface area contributed by atoms with Crippen LogP contribution in [0.5, 0.6) is 11.5 Å². The maximum absolute atomic E-state index is 13.7. The predicted octanol–water partition coefficient (Wildman–Crippen LogP) is 4.37. The number of para-hydroxylation sites is 1. The average molecular weight is 385 g/mol. The summed E-state index contributed by atoms with van der Waals surface area (Å²) in [4.78, 5) is 16.4. The lowest BCUT2D eigenvalue weighted by atomic mass is 10.2. The molecule has 0 saturated heterocycles. The minimum atomic E-state index is -0.857. The van der Waals surface area contributed by atoms with Gasteiger partial charge >= 0.3 is 0 Å². The van der Waals surface area contributed by atoms with E-state index in [9.17, 15) is 13.6 Å². The van der Waals surface area contributed by atoms with Crippen LogP contribution in [0.3, 0.4) is 0 Å². The van der Waals surface area contributed by atoms with Gasteiger partial charge in [0, 0.05) is 12.3 Å². The second-order valence-corrected chi connectivity index (χ2v) is 5.67. The van der Waals surface area contributed by atoms with E-state index >= 15 is 0 Å². The Labute approximate surface area is 160 Å². The third-order valence-electron chi connectivity index (χ3n) is 3.90. The van der Waals surface area contributed by atoms with Crippen molar-refractivity contribution < 1.29 is 23.0 Å². The Balaban J connectivity index is 1.76. The molecule has 0 aliphatic heterocycles. The maximum Gasteiger partial charge on any atom is 0.257 e. The molecule has 28 heavy (non-hydrogen) atoms. The molecule has 0 atom stereocenters. The monoisotopic (exact) mass is 385 g/mol. The summed E-state index contributed by atoms with van der Waals surface area (Å²) in [6.45, 7) is 0. The van der Waals surface area contributed by atoms with Crippen LogP contribution in [0.25, 0.3) is 0 Å². The summed E-state index contributed by atoms with van der Waals surface area (Å²) < 4.78 is 37.8. The fourth-order valence-electron chi connectivity index (χ4n) is 2.45. The molecular weight excluding hydrogens is 368 g/mol. The van der Waals surface area contributed by atoms with Gasteiger partial charge in [-0.3, -0.25) is 4.79 Å². The fourth-order valence-corrected chi connectivity index (χ4v) is 2.45. The molecule has 0 radical (unpaired) electrons. The number of hydrogen-bond acceptors (Lipinski definition) is 5. The van der Waals surface area contributed by atoms with E-state index in [0.29, 0.717) is 23.0 Å². The summed E-state index contributed by atoms with van der Waals surface area (Å²) in [6, 6.07) is 11.6. The van der Waals surface area contributed by atoms with Crippen molar-refractivity contribution in [3.05, 3.63) is 71.9 Å². The normalized spacial score (nSPS) is 10.3. The van der Waals surface area contributed by atoms with E-state index in [1.807, 2.05) is 0 Å². The molecule has 0 spiro atoms. The van der Waals surface area contributed by atoms with E-state index in [0.717, 1.165) is 12.1 Å². The summed E-state index contributed by atoms with van der Waals surface area (Å²) in [5.74, 6) is -0.734. The van der Waals surface area contributed by atoms with Gasteiger partial charge in [-0.15, -0.1) is 0 Å². The van der Waals surface area contributed by atoms with Crippen molar-refractivity contribution in [2.75, 3.05) is 24.9 Å². The van der Waals surface area contributed by atoms with E-state index in [2.05, 4.69) is 15.6 Å². The SMILES string of the molecule is COc1ccc(OC)c(Nc2ccc(C(=O)Nc3c(F)cccc3F)cn2)c1. The van der Waals surface area contributed by atoms with E-state index in [1.54, 1.807) is 31.4 Å². The number of carbonyl (C=O) groups excluding carboxylic acids is 1. The van der Waals surface area contributed by atoms with Gasteiger partial charge in [0.25, 0.3) is 5.91 Å². The number of methoxy groups -OCH3 is 2. The molecule has 0 aliphatic rings. The predicted molar refractivity (Wildman–Crippen MR) is 101 cm³/mol. The lowest BCUT2D eigenvalue weighted by Crippen LogP contribution is -2.14. The Bertz CT molecular complexity index is 974. The van der Waals surface area contributed by atoms with Crippen LogP contribution in [0, 0.1) is 11.6 Å². The fraction of sp³-hybridized carbons (Fsp3) is 0.100. The lowest BCUT2D eigenvalue weighted by Gasteiger charge is -2.12. The van der Waals surface area contributed by atoms with Gasteiger partial charge in [0.15, 0.2) is 0 Å². The van der Waals surface area contributed by atoms with Crippen LogP contribution in [0.1, 0.15) is 10.4 Å². The molecule has 0 fully saturated rings. The van der Waals surface area contributed by atoms with E-state index in [4.69, 9.17) is 9.47 Å². The van der Waals surface area contributed by atoms with Gasteiger partial charge in [-0.2, -0.15) is 0 Å². The van der Waals surface area contributed by atoms with Crippen LogP contribution in [-0.4, -0.2) is 25.1 Å². The number of nitrogens with one attached hydrogen (secondary N) is 2. The molecule has 144 valence electrons. The largest absolute Gasteiger partial charge is 0.497 e. The van der Waals surface area contributed by atoms with E-state index in [-0.39, 0.29) is 5.56 Å². The second-order valence-electron chi connectivity index (χ2n) is 5.67. The molecule has 2 N–H and O–H groups in total. The zero-order valence-corrected chi connectivity index (χ0v) is 15.1. The molecule has 1 aromatic heterocycles. The van der Waals surface area contributed by atoms with Crippen molar-refractivity contribution in [2.45, 2.75) is 0 Å². The molecule has 3 aromatic rings. The zero-order valence-electron chi connectivity index (χ0n) is 15.1. The standard InChI is InChI=1S/C20H17F2N3O3/c1-27-13-7-8-17(28-2)16(10-13)24-18-9-6-12(11-23-18)20(26)25-19-14(21)4-3-5-15(19)22/h3-11H,1-2H3,(H,23,24)(H,25,26). The highest BCUT2D eigenvalue weighted by Gasteiger charge is 2.14. The van der Waals surface area contributed by atoms with Crippen LogP contribution < -0.4 is 20.1 Å². The summed E-state index contributed by atoms with van der Waals surface area (Å²) in [7, 11) is 3.09. The van der Waals surface area contributed by atoms with Crippen LogP contribution >= 0.6 is 0 Å². The van der Waals surface area contributed by atoms with E-state index in [1.165, 1.54) is 25.4 Å². The number of nitrogens with zero attached hydrogens (tertiary/aromatic N) is 1. The van der Waals surface area contributed by atoms with Gasteiger partial charge in [0.05, 0.1) is 25.5 Å². The van der Waals surface area contributed by atoms with Crippen LogP contribution in [0.2, 0.25) is 0 Å². The highest BCUT2D eigenvalue weighted by Crippen LogP contribution is 2.31. The van der Waals surface area contributed by atoms with Crippen molar-refractivity contribution >= 4 is 23.1 Å². The topological polar surface area (TPSA) is 72.5 Å². The molecule has 0 unspecified atom stereocenters. The second kappa shape index (κ2) is 8.34. The lowest BCUT2D eigenvalue weighted by molar-refractivity contribution is 0.102. The Morgan fingerprint density at radius 2 is 1.75 bits per heavy atom. The highest BCUT2D eigenvalue weighted by atomic mass is 19.1. The molecular formula is C20H17F2N3O3. The number of anilines is 3. The number of hydrogen-bond donors (Lipinski definition) is 2. The van der Waals surface area contributed by atoms with Gasteiger partial charge in [0.2, 0.25) is 0 Å². The molecule has 3 rings (SSSR count). The van der Waals surface area contributed by atoms with Gasteiger partial charge in [-0.1, -0.05) is 6.07 Å². The number of rotatable bonds is 6. The van der Waals surface area contributed by atoms with Gasteiger partial charge in [0.1, 0.15) is 34.6 Å². The first-order chi connectivity index (χ1) is 13.5. The highest BCUT2D eigenvalue weighted by molar-refractivity contribution is 6.04. The van der Waals surface area contributed by atoms with Crippen molar-refractivity contribution in [1.29, 1.82) is 0 Å². The summed E-state index contributed by atoms with van der Waals surface area (Å²) >= 11 is 0. The Morgan fingerprint density at radius 1 is 1.00 bits per heavy atom. The summed E-state index contributed by atoms with van der Waals surface area (Å²) in [6.07, 6.45) is 1.29. The number of ether oxygens (including phenoxy) is 2. The summed E-state index contributed by atoms with van der Waals surface area (Å²) in [5.41, 5.74) is 0.265. The van der Waals surface area contributed by atoms with Crippen LogP contribution in [0.4, 0.5) is 26.0 Å². The van der Waals surface area contributed by atoms with Crippen molar-refractivity contribution in [3.8, 4) is 11.5 Å². The molecule has 8 heteroatoms. The van der Waals surface area contributed by atoms with E-state index < -0.39 is 23.2 Å². The van der Waals surface area contributed by atoms with Crippen molar-refractivity contribution in [2.24, 2.45) is 0 Å². The Morgan fingerprint density at radius 3 is 2.36 bits per heavy atom. The number of aromatic nitrogens is 1. The van der Waals surface area contributed by atoms with Crippen molar-refractivity contribution in [1.82, 2.24) is 4.98 Å². The van der Waals surface area contributed by atoms with Gasteiger partial charge in [-0.25, -0.2) is 13.8 Å². The zero-order chi connectivity index (χ0) is 20.1. The first-order valence-corrected chi connectivity index (χ1v) is 8.22. The minimum absolute atomic E-state index is 0.144. The van der Waals surface area contributed by atoms with Crippen molar-refractivity contribution in [3.63, 3.8) is 0 Å². The summed E-state index contributed by atoms with van der Waals surface area (Å²) in [5, 5.41) is 5.28. The molecule has 1 amide bonds. The number of carbonyl (C=O) groups is 1. The molecule has 1 heterocycles. The van der Waals surface area contributed by atoms with Gasteiger partial charge < -0.3 is 20.1 Å². The smallest absolute Gasteiger partial charge is 0.257 e. The number of benzene rings is 2. The first kappa shape index (κ1) is 19.1. The Kier molecular flexibility index (Phi) is 5.69. The van der Waals surface area contributed by atoms with Crippen LogP contribution in [-0.2, 0) is 0 Å². The average Bonchev–Trinajstić information content (AvgIpc) is 2.71. The molecule has 6 nitrogen and oxygen atoms in total. The number of amides is 1.